The number of rotatable bonds is 9. The second kappa shape index (κ2) is 10.5. The van der Waals surface area contributed by atoms with Crippen molar-refractivity contribution in [3.05, 3.63) is 58.4 Å². The number of sulfonamides is 1. The molecule has 0 aliphatic heterocycles. The van der Waals surface area contributed by atoms with Crippen molar-refractivity contribution in [1.29, 1.82) is 0 Å². The maximum atomic E-state index is 12.9. The molecule has 10 heteroatoms. The van der Waals surface area contributed by atoms with E-state index in [0.717, 1.165) is 16.7 Å². The van der Waals surface area contributed by atoms with Crippen LogP contribution < -0.4 is 5.32 Å². The lowest BCUT2D eigenvalue weighted by Crippen LogP contribution is -2.30. The van der Waals surface area contributed by atoms with Crippen molar-refractivity contribution in [2.45, 2.75) is 45.4 Å². The molecule has 0 atom stereocenters. The quantitative estimate of drug-likeness (QED) is 0.469. The number of aryl methyl sites for hydroxylation is 2. The predicted molar refractivity (Wildman–Crippen MR) is 128 cm³/mol. The van der Waals surface area contributed by atoms with Crippen molar-refractivity contribution < 1.29 is 17.7 Å². The van der Waals surface area contributed by atoms with Crippen LogP contribution in [-0.4, -0.2) is 41.9 Å². The highest BCUT2D eigenvalue weighted by Gasteiger charge is 2.23. The van der Waals surface area contributed by atoms with E-state index < -0.39 is 10.0 Å². The summed E-state index contributed by atoms with van der Waals surface area (Å²) >= 11 is 5.90. The molecule has 3 rings (SSSR count). The summed E-state index contributed by atoms with van der Waals surface area (Å²) in [4.78, 5) is 17.1. The van der Waals surface area contributed by atoms with Gasteiger partial charge in [-0.25, -0.2) is 8.42 Å². The Labute approximate surface area is 199 Å². The molecule has 8 nitrogen and oxygen atoms in total. The normalized spacial score (nSPS) is 11.7. The summed E-state index contributed by atoms with van der Waals surface area (Å²) in [6.45, 7) is 7.99. The smallest absolute Gasteiger partial charge is 0.243 e. The summed E-state index contributed by atoms with van der Waals surface area (Å²) in [5.41, 5.74) is 2.82. The van der Waals surface area contributed by atoms with Crippen LogP contribution in [0.25, 0.3) is 11.4 Å². The monoisotopic (exact) mass is 490 g/mol. The topological polar surface area (TPSA) is 105 Å². The molecule has 0 aliphatic rings. The molecule has 0 spiro atoms. The highest BCUT2D eigenvalue weighted by atomic mass is 35.5. The number of halogens is 1. The largest absolute Gasteiger partial charge is 0.339 e. The van der Waals surface area contributed by atoms with E-state index in [1.54, 1.807) is 44.2 Å². The van der Waals surface area contributed by atoms with Crippen LogP contribution in [0.1, 0.15) is 37.3 Å². The molecule has 2 aromatic carbocycles. The van der Waals surface area contributed by atoms with Crippen LogP contribution in [0, 0.1) is 13.8 Å². The van der Waals surface area contributed by atoms with E-state index in [1.165, 1.54) is 10.4 Å². The molecule has 0 bridgehead atoms. The number of hydrogen-bond donors (Lipinski definition) is 1. The SMILES string of the molecule is CCN(CC)S(=O)(=O)c1cc(C)c(C)c(NC(=O)CCc2nc(-c3ccc(Cl)cc3)no2)c1. The second-order valence-corrected chi connectivity index (χ2v) is 9.94. The van der Waals surface area contributed by atoms with Gasteiger partial charge in [0, 0.05) is 42.2 Å². The Balaban J connectivity index is 1.70. The van der Waals surface area contributed by atoms with Crippen molar-refractivity contribution in [3.63, 3.8) is 0 Å². The first-order valence-electron chi connectivity index (χ1n) is 10.7. The first kappa shape index (κ1) is 24.9. The Morgan fingerprint density at radius 1 is 1.12 bits per heavy atom. The third-order valence-corrected chi connectivity index (χ3v) is 7.67. The van der Waals surface area contributed by atoms with Gasteiger partial charge in [0.25, 0.3) is 0 Å². The van der Waals surface area contributed by atoms with E-state index in [-0.39, 0.29) is 23.6 Å². The van der Waals surface area contributed by atoms with E-state index in [9.17, 15) is 13.2 Å². The van der Waals surface area contributed by atoms with Gasteiger partial charge in [0.15, 0.2) is 0 Å². The Kier molecular flexibility index (Phi) is 7.88. The average molecular weight is 491 g/mol. The number of hydrogen-bond acceptors (Lipinski definition) is 6. The molecule has 1 heterocycles. The van der Waals surface area contributed by atoms with E-state index >= 15 is 0 Å². The van der Waals surface area contributed by atoms with Crippen LogP contribution >= 0.6 is 11.6 Å². The van der Waals surface area contributed by atoms with E-state index in [0.29, 0.717) is 35.5 Å². The molecular formula is C23H27ClN4O4S. The zero-order valence-corrected chi connectivity index (χ0v) is 20.6. The third-order valence-electron chi connectivity index (χ3n) is 5.39. The van der Waals surface area contributed by atoms with Crippen LogP contribution in [0.4, 0.5) is 5.69 Å². The molecule has 1 amide bonds. The molecule has 0 fully saturated rings. The standard InChI is InChI=1S/C23H27ClN4O4S/c1-5-28(6-2)33(30,31)19-13-15(3)16(4)20(14-19)25-21(29)11-12-22-26-23(27-32-22)17-7-9-18(24)10-8-17/h7-10,13-14H,5-6,11-12H2,1-4H3,(H,25,29). The van der Waals surface area contributed by atoms with Gasteiger partial charge in [-0.1, -0.05) is 30.6 Å². The third kappa shape index (κ3) is 5.79. The Morgan fingerprint density at radius 2 is 1.79 bits per heavy atom. The summed E-state index contributed by atoms with van der Waals surface area (Å²) in [6, 6.07) is 10.2. The van der Waals surface area contributed by atoms with Crippen molar-refractivity contribution in [1.82, 2.24) is 14.4 Å². The molecule has 3 aromatic rings. The number of carbonyl (C=O) groups is 1. The molecule has 1 aromatic heterocycles. The second-order valence-electron chi connectivity index (χ2n) is 7.57. The molecule has 1 N–H and O–H groups in total. The van der Waals surface area contributed by atoms with Crippen LogP contribution in [0.2, 0.25) is 5.02 Å². The van der Waals surface area contributed by atoms with Gasteiger partial charge in [-0.05, 0) is 61.4 Å². The molecule has 176 valence electrons. The van der Waals surface area contributed by atoms with Crippen LogP contribution in [0.15, 0.2) is 45.8 Å². The highest BCUT2D eigenvalue weighted by Crippen LogP contribution is 2.26. The number of carbonyl (C=O) groups excluding carboxylic acids is 1. The lowest BCUT2D eigenvalue weighted by molar-refractivity contribution is -0.116. The minimum atomic E-state index is -3.64. The lowest BCUT2D eigenvalue weighted by Gasteiger charge is -2.20. The number of nitrogens with zero attached hydrogens (tertiary/aromatic N) is 3. The predicted octanol–water partition coefficient (Wildman–Crippen LogP) is 4.61. The first-order chi connectivity index (χ1) is 15.6. The number of aromatic nitrogens is 2. The van der Waals surface area contributed by atoms with E-state index in [4.69, 9.17) is 16.1 Å². The zero-order valence-electron chi connectivity index (χ0n) is 19.1. The number of benzene rings is 2. The Hall–Kier alpha value is -2.75. The van der Waals surface area contributed by atoms with Gasteiger partial charge >= 0.3 is 0 Å². The fourth-order valence-corrected chi connectivity index (χ4v) is 5.02. The zero-order chi connectivity index (χ0) is 24.2. The van der Waals surface area contributed by atoms with Gasteiger partial charge in [-0.15, -0.1) is 0 Å². The number of anilines is 1. The van der Waals surface area contributed by atoms with Gasteiger partial charge in [0.1, 0.15) is 0 Å². The summed E-state index contributed by atoms with van der Waals surface area (Å²) in [5.74, 6) is 0.477. The van der Waals surface area contributed by atoms with Gasteiger partial charge in [-0.3, -0.25) is 4.79 Å². The molecule has 0 radical (unpaired) electrons. The van der Waals surface area contributed by atoms with Gasteiger partial charge in [-0.2, -0.15) is 9.29 Å². The summed E-state index contributed by atoms with van der Waals surface area (Å²) in [6.07, 6.45) is 0.357. The number of amides is 1. The van der Waals surface area contributed by atoms with Gasteiger partial charge < -0.3 is 9.84 Å². The van der Waals surface area contributed by atoms with Crippen molar-refractivity contribution in [2.24, 2.45) is 0 Å². The van der Waals surface area contributed by atoms with Gasteiger partial charge in [0.05, 0.1) is 4.90 Å². The van der Waals surface area contributed by atoms with Crippen LogP contribution in [0.3, 0.4) is 0 Å². The fraction of sp³-hybridized carbons (Fsp3) is 0.348. The molecule has 0 saturated carbocycles. The summed E-state index contributed by atoms with van der Waals surface area (Å²) in [7, 11) is -3.64. The molecular weight excluding hydrogens is 464 g/mol. The molecule has 0 saturated heterocycles. The van der Waals surface area contributed by atoms with Crippen molar-refractivity contribution in [3.8, 4) is 11.4 Å². The van der Waals surface area contributed by atoms with E-state index in [1.807, 2.05) is 13.8 Å². The first-order valence-corrected chi connectivity index (χ1v) is 12.5. The maximum Gasteiger partial charge on any atom is 0.243 e. The number of nitrogens with one attached hydrogen (secondary N) is 1. The van der Waals surface area contributed by atoms with Crippen LogP contribution in [-0.2, 0) is 21.2 Å². The highest BCUT2D eigenvalue weighted by molar-refractivity contribution is 7.89. The van der Waals surface area contributed by atoms with Crippen LogP contribution in [0.5, 0.6) is 0 Å². The van der Waals surface area contributed by atoms with Crippen molar-refractivity contribution in [2.75, 3.05) is 18.4 Å². The molecule has 0 aliphatic carbocycles. The average Bonchev–Trinajstić information content (AvgIpc) is 3.25. The summed E-state index contributed by atoms with van der Waals surface area (Å²) < 4.78 is 32.5. The lowest BCUT2D eigenvalue weighted by atomic mass is 10.1. The minimum absolute atomic E-state index is 0.105. The van der Waals surface area contributed by atoms with E-state index in [2.05, 4.69) is 15.5 Å². The Morgan fingerprint density at radius 3 is 2.42 bits per heavy atom. The minimum Gasteiger partial charge on any atom is -0.339 e. The Bertz CT molecular complexity index is 1240. The molecule has 33 heavy (non-hydrogen) atoms. The van der Waals surface area contributed by atoms with Crippen molar-refractivity contribution >= 4 is 33.2 Å². The molecule has 0 unspecified atom stereocenters. The summed E-state index contributed by atoms with van der Waals surface area (Å²) in [5, 5.41) is 7.38. The van der Waals surface area contributed by atoms with Gasteiger partial charge in [0.2, 0.25) is 27.6 Å². The fourth-order valence-electron chi connectivity index (χ4n) is 3.32. The maximum absolute atomic E-state index is 12.9.